The minimum Gasteiger partial charge on any atom is -0.462 e. The fourth-order valence-electron chi connectivity index (χ4n) is 7.14. The number of aliphatic hydroxyl groups is 7. The molecule has 11 atom stereocenters. The Kier molecular flexibility index (Phi) is 28.4. The molecule has 0 aromatic rings. The number of aliphatic hydroxyl groups excluding tert-OH is 7. The van der Waals surface area contributed by atoms with E-state index in [2.05, 4.69) is 6.92 Å². The quantitative estimate of drug-likeness (QED) is 0.0365. The zero-order valence-corrected chi connectivity index (χ0v) is 34.8. The summed E-state index contributed by atoms with van der Waals surface area (Å²) in [7, 11) is 0. The van der Waals surface area contributed by atoms with Crippen molar-refractivity contribution in [2.24, 2.45) is 0 Å². The molecule has 0 saturated carbocycles. The third-order valence-electron chi connectivity index (χ3n) is 10.8. The SMILES string of the molecule is CCCCCCCCCCCCCCCCCCCCCCC(=O)OC(COC(=O)CCC)COC1OC(COC2OC(CO)C(O)C(O)C2O)C(O)C(O)C1O. The Labute approximate surface area is 340 Å². The summed E-state index contributed by atoms with van der Waals surface area (Å²) < 4.78 is 32.9. The van der Waals surface area contributed by atoms with Crippen LogP contribution in [0.15, 0.2) is 0 Å². The minimum atomic E-state index is -1.75. The van der Waals surface area contributed by atoms with Gasteiger partial charge in [0.1, 0.15) is 55.4 Å². The van der Waals surface area contributed by atoms with Crippen LogP contribution in [0.2, 0.25) is 0 Å². The van der Waals surface area contributed by atoms with Crippen LogP contribution < -0.4 is 0 Å². The smallest absolute Gasteiger partial charge is 0.306 e. The fourth-order valence-corrected chi connectivity index (χ4v) is 7.14. The third kappa shape index (κ3) is 21.0. The van der Waals surface area contributed by atoms with Gasteiger partial charge in [0.15, 0.2) is 18.7 Å². The van der Waals surface area contributed by atoms with Crippen molar-refractivity contribution in [1.82, 2.24) is 0 Å². The van der Waals surface area contributed by atoms with E-state index in [-0.39, 0.29) is 26.1 Å². The first-order chi connectivity index (χ1) is 27.5. The van der Waals surface area contributed by atoms with Gasteiger partial charge in [-0.15, -0.1) is 0 Å². The molecule has 2 aliphatic heterocycles. The highest BCUT2D eigenvalue weighted by Crippen LogP contribution is 2.26. The van der Waals surface area contributed by atoms with Gasteiger partial charge in [0.05, 0.1) is 19.8 Å². The molecule has 2 fully saturated rings. The molecule has 2 rings (SSSR count). The van der Waals surface area contributed by atoms with E-state index in [9.17, 15) is 45.3 Å². The van der Waals surface area contributed by atoms with E-state index >= 15 is 0 Å². The van der Waals surface area contributed by atoms with Crippen LogP contribution in [0.1, 0.15) is 162 Å². The molecule has 15 nitrogen and oxygen atoms in total. The monoisotopic (exact) mass is 823 g/mol. The first-order valence-corrected chi connectivity index (χ1v) is 22.1. The van der Waals surface area contributed by atoms with E-state index in [4.69, 9.17) is 28.4 Å². The lowest BCUT2D eigenvalue weighted by Crippen LogP contribution is -2.61. The second-order valence-electron chi connectivity index (χ2n) is 15.9. The summed E-state index contributed by atoms with van der Waals surface area (Å²) in [6.45, 7) is 2.20. The van der Waals surface area contributed by atoms with Crippen LogP contribution in [0.25, 0.3) is 0 Å². The van der Waals surface area contributed by atoms with Gasteiger partial charge in [0.25, 0.3) is 0 Å². The van der Waals surface area contributed by atoms with Crippen LogP contribution in [0.4, 0.5) is 0 Å². The number of ether oxygens (including phenoxy) is 6. The van der Waals surface area contributed by atoms with E-state index in [0.29, 0.717) is 12.8 Å². The van der Waals surface area contributed by atoms with Gasteiger partial charge in [-0.05, 0) is 12.8 Å². The van der Waals surface area contributed by atoms with Gasteiger partial charge in [-0.1, -0.05) is 136 Å². The Morgan fingerprint density at radius 2 is 0.930 bits per heavy atom. The number of unbranched alkanes of at least 4 members (excludes halogenated alkanes) is 19. The zero-order chi connectivity index (χ0) is 41.8. The standard InChI is InChI=1S/C42H78O15/c1-3-5-6-7-8-9-10-11-12-13-14-15-16-17-18-19-20-21-22-23-25-34(45)55-30(27-52-33(44)24-4-2)28-53-41-40(51)38(49)36(47)32(57-41)29-54-42-39(50)37(48)35(46)31(26-43)56-42/h30-32,35-43,46-51H,3-29H2,1-2H3. The van der Waals surface area contributed by atoms with Gasteiger partial charge < -0.3 is 64.2 Å². The number of carbonyl (C=O) groups is 2. The molecule has 0 aromatic heterocycles. The molecule has 15 heteroatoms. The van der Waals surface area contributed by atoms with E-state index in [1.165, 1.54) is 103 Å². The maximum absolute atomic E-state index is 12.8. The topological polar surface area (TPSA) is 231 Å². The number of hydrogen-bond acceptors (Lipinski definition) is 15. The largest absolute Gasteiger partial charge is 0.462 e. The number of hydrogen-bond donors (Lipinski definition) is 7. The van der Waals surface area contributed by atoms with Gasteiger partial charge in [0, 0.05) is 12.8 Å². The summed E-state index contributed by atoms with van der Waals surface area (Å²) >= 11 is 0. The molecular weight excluding hydrogens is 744 g/mol. The predicted octanol–water partition coefficient (Wildman–Crippen LogP) is 4.09. The summed E-state index contributed by atoms with van der Waals surface area (Å²) in [4.78, 5) is 24.8. The first-order valence-electron chi connectivity index (χ1n) is 22.1. The molecule has 0 amide bonds. The van der Waals surface area contributed by atoms with Crippen LogP contribution in [0, 0.1) is 0 Å². The highest BCUT2D eigenvalue weighted by Gasteiger charge is 2.47. The summed E-state index contributed by atoms with van der Waals surface area (Å²) in [5.41, 5.74) is 0. The van der Waals surface area contributed by atoms with Crippen molar-refractivity contribution >= 4 is 11.9 Å². The van der Waals surface area contributed by atoms with Gasteiger partial charge >= 0.3 is 11.9 Å². The second kappa shape index (κ2) is 31.4. The molecular formula is C42H78O15. The van der Waals surface area contributed by atoms with E-state index < -0.39 is 92.7 Å². The maximum atomic E-state index is 12.8. The molecule has 7 N–H and O–H groups in total. The van der Waals surface area contributed by atoms with Crippen molar-refractivity contribution in [2.45, 2.75) is 229 Å². The molecule has 57 heavy (non-hydrogen) atoms. The molecule has 2 saturated heterocycles. The van der Waals surface area contributed by atoms with Gasteiger partial charge in [-0.25, -0.2) is 0 Å². The minimum absolute atomic E-state index is 0.170. The lowest BCUT2D eigenvalue weighted by molar-refractivity contribution is -0.332. The van der Waals surface area contributed by atoms with E-state index in [1.54, 1.807) is 0 Å². The molecule has 0 radical (unpaired) electrons. The predicted molar refractivity (Wildman–Crippen MR) is 211 cm³/mol. The lowest BCUT2D eigenvalue weighted by Gasteiger charge is -2.42. The Hall–Kier alpha value is -1.50. The van der Waals surface area contributed by atoms with Crippen molar-refractivity contribution in [2.75, 3.05) is 26.4 Å². The Morgan fingerprint density at radius 1 is 0.491 bits per heavy atom. The Morgan fingerprint density at radius 3 is 1.40 bits per heavy atom. The van der Waals surface area contributed by atoms with Crippen molar-refractivity contribution in [1.29, 1.82) is 0 Å². The average Bonchev–Trinajstić information content (AvgIpc) is 3.20. The molecule has 11 unspecified atom stereocenters. The molecule has 2 aliphatic rings. The Balaban J connectivity index is 1.67. The lowest BCUT2D eigenvalue weighted by atomic mass is 9.98. The van der Waals surface area contributed by atoms with Gasteiger partial charge in [-0.3, -0.25) is 9.59 Å². The van der Waals surface area contributed by atoms with Crippen molar-refractivity contribution < 1.29 is 73.8 Å². The first kappa shape index (κ1) is 51.6. The van der Waals surface area contributed by atoms with Crippen molar-refractivity contribution in [3.05, 3.63) is 0 Å². The summed E-state index contributed by atoms with van der Waals surface area (Å²) in [5.74, 6) is -0.977. The van der Waals surface area contributed by atoms with Gasteiger partial charge in [0.2, 0.25) is 0 Å². The van der Waals surface area contributed by atoms with Crippen LogP contribution in [0.5, 0.6) is 0 Å². The van der Waals surface area contributed by atoms with Crippen LogP contribution in [-0.4, -0.2) is 142 Å². The van der Waals surface area contributed by atoms with E-state index in [0.717, 1.165) is 19.3 Å². The fraction of sp³-hybridized carbons (Fsp3) is 0.952. The number of rotatable bonds is 33. The van der Waals surface area contributed by atoms with E-state index in [1.807, 2.05) is 6.92 Å². The average molecular weight is 823 g/mol. The van der Waals surface area contributed by atoms with Crippen LogP contribution in [-0.2, 0) is 38.0 Å². The summed E-state index contributed by atoms with van der Waals surface area (Å²) in [6, 6.07) is 0. The van der Waals surface area contributed by atoms with Crippen LogP contribution in [0.3, 0.4) is 0 Å². The summed E-state index contributed by atoms with van der Waals surface area (Å²) in [6.07, 6.45) is 9.23. The zero-order valence-electron chi connectivity index (χ0n) is 34.8. The van der Waals surface area contributed by atoms with Crippen molar-refractivity contribution in [3.8, 4) is 0 Å². The summed E-state index contributed by atoms with van der Waals surface area (Å²) in [5, 5.41) is 71.3. The normalized spacial score (nSPS) is 28.3. The van der Waals surface area contributed by atoms with Crippen LogP contribution >= 0.6 is 0 Å². The second-order valence-corrected chi connectivity index (χ2v) is 15.9. The highest BCUT2D eigenvalue weighted by atomic mass is 16.7. The highest BCUT2D eigenvalue weighted by molar-refractivity contribution is 5.70. The van der Waals surface area contributed by atoms with Crippen molar-refractivity contribution in [3.63, 3.8) is 0 Å². The molecule has 0 bridgehead atoms. The third-order valence-corrected chi connectivity index (χ3v) is 10.8. The number of carbonyl (C=O) groups excluding carboxylic acids is 2. The number of esters is 2. The molecule has 0 aliphatic carbocycles. The molecule has 336 valence electrons. The maximum Gasteiger partial charge on any atom is 0.306 e. The molecule has 0 spiro atoms. The van der Waals surface area contributed by atoms with Gasteiger partial charge in [-0.2, -0.15) is 0 Å². The molecule has 0 aromatic carbocycles. The molecule has 2 heterocycles. The Bertz CT molecular complexity index is 1020.